The molecule has 0 saturated heterocycles. The molecule has 0 aromatic heterocycles. The highest BCUT2D eigenvalue weighted by Crippen LogP contribution is 2.08. The zero-order valence-corrected chi connectivity index (χ0v) is 11.4. The van der Waals surface area contributed by atoms with Crippen molar-refractivity contribution in [1.82, 2.24) is 10.6 Å². The molecule has 0 spiro atoms. The van der Waals surface area contributed by atoms with Crippen molar-refractivity contribution in [2.75, 3.05) is 6.54 Å². The third kappa shape index (κ3) is 4.82. The second-order valence-corrected chi connectivity index (χ2v) is 5.51. The third-order valence-electron chi connectivity index (χ3n) is 2.11. The summed E-state index contributed by atoms with van der Waals surface area (Å²) in [6, 6.07) is 6.30. The maximum atomic E-state index is 11.1. The van der Waals surface area contributed by atoms with Gasteiger partial charge in [0.25, 0.3) is 0 Å². The van der Waals surface area contributed by atoms with Gasteiger partial charge in [0.15, 0.2) is 5.11 Å². The molecule has 1 aromatic rings. The summed E-state index contributed by atoms with van der Waals surface area (Å²) in [7, 11) is -3.63. The van der Waals surface area contributed by atoms with E-state index in [4.69, 9.17) is 17.4 Å². The number of rotatable bonds is 5. The highest BCUT2D eigenvalue weighted by atomic mass is 32.2. The Balaban J connectivity index is 2.54. The van der Waals surface area contributed by atoms with E-state index in [1.165, 1.54) is 12.1 Å². The van der Waals surface area contributed by atoms with E-state index in [-0.39, 0.29) is 4.90 Å². The molecule has 5 nitrogen and oxygen atoms in total. The molecule has 0 atom stereocenters. The lowest BCUT2D eigenvalue weighted by atomic mass is 10.2. The van der Waals surface area contributed by atoms with Crippen LogP contribution >= 0.6 is 12.2 Å². The zero-order chi connectivity index (χ0) is 13.6. The highest BCUT2D eigenvalue weighted by molar-refractivity contribution is 7.89. The fourth-order valence-electron chi connectivity index (χ4n) is 1.21. The van der Waals surface area contributed by atoms with Crippen molar-refractivity contribution in [2.24, 2.45) is 5.14 Å². The minimum atomic E-state index is -3.63. The van der Waals surface area contributed by atoms with Crippen LogP contribution in [-0.2, 0) is 16.6 Å². The monoisotopic (exact) mass is 285 g/mol. The van der Waals surface area contributed by atoms with E-state index < -0.39 is 10.0 Å². The van der Waals surface area contributed by atoms with Crippen molar-refractivity contribution in [1.29, 1.82) is 0 Å². The van der Waals surface area contributed by atoms with E-state index in [0.29, 0.717) is 18.2 Å². The lowest BCUT2D eigenvalue weighted by Crippen LogP contribution is -2.34. The van der Waals surface area contributed by atoms with Gasteiger partial charge in [0, 0.05) is 13.1 Å². The Bertz CT molecular complexity index is 524. The second-order valence-electron chi connectivity index (χ2n) is 3.54. The van der Waals surface area contributed by atoms with Crippen LogP contribution < -0.4 is 15.8 Å². The van der Waals surface area contributed by atoms with Crippen molar-refractivity contribution >= 4 is 27.4 Å². The molecule has 98 valence electrons. The maximum absolute atomic E-state index is 11.1. The molecule has 1 rings (SSSR count). The van der Waals surface area contributed by atoms with Crippen LogP contribution in [0, 0.1) is 0 Å². The normalized spacial score (nSPS) is 10.7. The first-order chi connectivity index (χ1) is 8.43. The maximum Gasteiger partial charge on any atom is 0.238 e. The van der Waals surface area contributed by atoms with Gasteiger partial charge in [0.05, 0.1) is 4.90 Å². The molecule has 0 bridgehead atoms. The van der Waals surface area contributed by atoms with Crippen molar-refractivity contribution in [3.8, 4) is 0 Å². The van der Waals surface area contributed by atoms with Gasteiger partial charge in [0.1, 0.15) is 0 Å². The van der Waals surface area contributed by atoms with E-state index >= 15 is 0 Å². The fraction of sp³-hybridized carbons (Fsp3) is 0.182. The fourth-order valence-corrected chi connectivity index (χ4v) is 1.88. The first-order valence-electron chi connectivity index (χ1n) is 5.18. The molecule has 0 amide bonds. The Labute approximate surface area is 112 Å². The van der Waals surface area contributed by atoms with Crippen molar-refractivity contribution in [3.63, 3.8) is 0 Å². The summed E-state index contributed by atoms with van der Waals surface area (Å²) in [6.45, 7) is 4.67. The number of nitrogens with one attached hydrogen (secondary N) is 2. The van der Waals surface area contributed by atoms with Gasteiger partial charge in [-0.3, -0.25) is 0 Å². The Morgan fingerprint density at radius 3 is 2.44 bits per heavy atom. The number of primary sulfonamides is 1. The smallest absolute Gasteiger partial charge is 0.238 e. The molecule has 1 aromatic carbocycles. The largest absolute Gasteiger partial charge is 0.359 e. The first kappa shape index (κ1) is 14.6. The number of benzene rings is 1. The Morgan fingerprint density at radius 2 is 1.94 bits per heavy atom. The van der Waals surface area contributed by atoms with Crippen LogP contribution in [0.2, 0.25) is 0 Å². The molecule has 0 aliphatic rings. The number of hydrogen-bond donors (Lipinski definition) is 3. The van der Waals surface area contributed by atoms with Gasteiger partial charge in [-0.2, -0.15) is 0 Å². The molecule has 0 unspecified atom stereocenters. The van der Waals surface area contributed by atoms with Gasteiger partial charge >= 0.3 is 0 Å². The van der Waals surface area contributed by atoms with Gasteiger partial charge in [-0.05, 0) is 29.9 Å². The van der Waals surface area contributed by atoms with Gasteiger partial charge < -0.3 is 10.6 Å². The number of sulfonamides is 1. The molecule has 0 aliphatic carbocycles. The van der Waals surface area contributed by atoms with E-state index in [1.54, 1.807) is 18.2 Å². The predicted octanol–water partition coefficient (Wildman–Crippen LogP) is 0.484. The van der Waals surface area contributed by atoms with Crippen LogP contribution in [0.1, 0.15) is 5.56 Å². The third-order valence-corrected chi connectivity index (χ3v) is 3.33. The van der Waals surface area contributed by atoms with Crippen molar-refractivity contribution in [3.05, 3.63) is 42.5 Å². The molecular formula is C11H15N3O2S2. The molecule has 0 fully saturated rings. The molecule has 4 N–H and O–H groups in total. The van der Waals surface area contributed by atoms with Gasteiger partial charge in [0.2, 0.25) is 10.0 Å². The topological polar surface area (TPSA) is 84.2 Å². The molecule has 0 saturated carbocycles. The first-order valence-corrected chi connectivity index (χ1v) is 7.13. The summed E-state index contributed by atoms with van der Waals surface area (Å²) in [5, 5.41) is 11.4. The summed E-state index contributed by atoms with van der Waals surface area (Å²) in [5.41, 5.74) is 0.908. The molecular weight excluding hydrogens is 270 g/mol. The van der Waals surface area contributed by atoms with E-state index in [1.807, 2.05) is 0 Å². The number of thiocarbonyl (C=S) groups is 1. The Hall–Kier alpha value is -1.44. The second kappa shape index (κ2) is 6.48. The minimum Gasteiger partial charge on any atom is -0.359 e. The average Bonchev–Trinajstić information content (AvgIpc) is 2.33. The standard InChI is InChI=1S/C11H15N3O2S2/c1-2-7-13-11(17)14-8-9-3-5-10(6-4-9)18(12,15)16/h2-6H,1,7-8H2,(H2,12,15,16)(H2,13,14,17). The molecule has 0 radical (unpaired) electrons. The summed E-state index contributed by atoms with van der Waals surface area (Å²) < 4.78 is 22.1. The highest BCUT2D eigenvalue weighted by Gasteiger charge is 2.06. The number of nitrogens with two attached hydrogens (primary N) is 1. The lowest BCUT2D eigenvalue weighted by molar-refractivity contribution is 0.597. The van der Waals surface area contributed by atoms with Crippen molar-refractivity contribution in [2.45, 2.75) is 11.4 Å². The van der Waals surface area contributed by atoms with Gasteiger partial charge in [-0.15, -0.1) is 6.58 Å². The van der Waals surface area contributed by atoms with E-state index in [9.17, 15) is 8.42 Å². The SMILES string of the molecule is C=CCNC(=S)NCc1ccc(S(N)(=O)=O)cc1. The van der Waals surface area contributed by atoms with E-state index in [2.05, 4.69) is 17.2 Å². The zero-order valence-electron chi connectivity index (χ0n) is 9.72. The molecule has 18 heavy (non-hydrogen) atoms. The predicted molar refractivity (Wildman–Crippen MR) is 75.5 cm³/mol. The van der Waals surface area contributed by atoms with Crippen LogP contribution in [0.5, 0.6) is 0 Å². The minimum absolute atomic E-state index is 0.0959. The van der Waals surface area contributed by atoms with Crippen LogP contribution in [0.25, 0.3) is 0 Å². The average molecular weight is 285 g/mol. The molecule has 7 heteroatoms. The summed E-state index contributed by atoms with van der Waals surface area (Å²) in [6.07, 6.45) is 1.70. The van der Waals surface area contributed by atoms with Crippen LogP contribution in [0.15, 0.2) is 41.8 Å². The lowest BCUT2D eigenvalue weighted by Gasteiger charge is -2.09. The Kier molecular flexibility index (Phi) is 5.26. The molecule has 0 aliphatic heterocycles. The number of hydrogen-bond acceptors (Lipinski definition) is 3. The summed E-state index contributed by atoms with van der Waals surface area (Å²) in [4.78, 5) is 0.0959. The summed E-state index contributed by atoms with van der Waals surface area (Å²) in [5.74, 6) is 0. The Morgan fingerprint density at radius 1 is 1.33 bits per heavy atom. The van der Waals surface area contributed by atoms with Gasteiger partial charge in [-0.1, -0.05) is 18.2 Å². The van der Waals surface area contributed by atoms with Crippen molar-refractivity contribution < 1.29 is 8.42 Å². The van der Waals surface area contributed by atoms with Gasteiger partial charge in [-0.25, -0.2) is 13.6 Å². The van der Waals surface area contributed by atoms with Crippen LogP contribution in [0.3, 0.4) is 0 Å². The van der Waals surface area contributed by atoms with Crippen LogP contribution in [-0.4, -0.2) is 20.1 Å². The molecule has 0 heterocycles. The van der Waals surface area contributed by atoms with E-state index in [0.717, 1.165) is 5.56 Å². The summed E-state index contributed by atoms with van der Waals surface area (Å²) >= 11 is 5.02. The quantitative estimate of drug-likeness (QED) is 0.541. The van der Waals surface area contributed by atoms with Crippen LogP contribution in [0.4, 0.5) is 0 Å².